The van der Waals surface area contributed by atoms with Gasteiger partial charge in [-0.3, -0.25) is 4.99 Å². The Morgan fingerprint density at radius 3 is 2.85 bits per heavy atom. The summed E-state index contributed by atoms with van der Waals surface area (Å²) in [7, 11) is 0. The molecule has 4 heteroatoms. The van der Waals surface area contributed by atoms with Crippen molar-refractivity contribution in [1.29, 1.82) is 0 Å². The van der Waals surface area contributed by atoms with Crippen molar-refractivity contribution in [1.82, 2.24) is 5.16 Å². The van der Waals surface area contributed by atoms with E-state index in [0.29, 0.717) is 12.4 Å². The van der Waals surface area contributed by atoms with Crippen molar-refractivity contribution in [2.24, 2.45) is 16.6 Å². The summed E-state index contributed by atoms with van der Waals surface area (Å²) in [6.45, 7) is 6.37. The van der Waals surface area contributed by atoms with Crippen LogP contribution >= 0.6 is 0 Å². The van der Waals surface area contributed by atoms with E-state index < -0.39 is 0 Å². The second-order valence-electron chi connectivity index (χ2n) is 3.32. The number of nitrogens with two attached hydrogens (primary N) is 1. The Morgan fingerprint density at radius 2 is 2.38 bits per heavy atom. The molecule has 4 nitrogen and oxygen atoms in total. The van der Waals surface area contributed by atoms with Gasteiger partial charge in [0, 0.05) is 12.0 Å². The van der Waals surface area contributed by atoms with Gasteiger partial charge in [-0.1, -0.05) is 19.0 Å². The zero-order valence-corrected chi connectivity index (χ0v) is 8.24. The lowest BCUT2D eigenvalue weighted by molar-refractivity contribution is 0.391. The molecule has 0 fully saturated rings. The monoisotopic (exact) mass is 181 g/mol. The average molecular weight is 181 g/mol. The molecule has 0 aromatic carbocycles. The van der Waals surface area contributed by atoms with E-state index in [1.807, 2.05) is 26.8 Å². The van der Waals surface area contributed by atoms with Crippen molar-refractivity contribution < 1.29 is 4.52 Å². The van der Waals surface area contributed by atoms with E-state index in [0.717, 1.165) is 11.5 Å². The van der Waals surface area contributed by atoms with Crippen LogP contribution in [0.5, 0.6) is 0 Å². The van der Waals surface area contributed by atoms with E-state index in [1.54, 1.807) is 0 Å². The molecule has 0 unspecified atom stereocenters. The molecule has 0 aliphatic rings. The first-order chi connectivity index (χ1) is 6.09. The second kappa shape index (κ2) is 4.07. The van der Waals surface area contributed by atoms with E-state index in [-0.39, 0.29) is 5.92 Å². The summed E-state index contributed by atoms with van der Waals surface area (Å²) in [4.78, 5) is 4.18. The molecule has 72 valence electrons. The van der Waals surface area contributed by atoms with Crippen molar-refractivity contribution >= 4 is 5.84 Å². The summed E-state index contributed by atoms with van der Waals surface area (Å²) in [5.41, 5.74) is 6.48. The lowest BCUT2D eigenvalue weighted by Gasteiger charge is -2.01. The average Bonchev–Trinajstić information content (AvgIpc) is 2.47. The Labute approximate surface area is 77.8 Å². The van der Waals surface area contributed by atoms with E-state index in [9.17, 15) is 0 Å². The van der Waals surface area contributed by atoms with E-state index in [1.165, 1.54) is 0 Å². The molecule has 0 bridgehead atoms. The van der Waals surface area contributed by atoms with E-state index >= 15 is 0 Å². The van der Waals surface area contributed by atoms with Crippen LogP contribution in [0, 0.1) is 12.8 Å². The summed E-state index contributed by atoms with van der Waals surface area (Å²) in [6, 6.07) is 1.86. The minimum atomic E-state index is 0.285. The molecule has 13 heavy (non-hydrogen) atoms. The fourth-order valence-corrected chi connectivity index (χ4v) is 0.847. The molecule has 0 amide bonds. The van der Waals surface area contributed by atoms with Crippen LogP contribution in [0.1, 0.15) is 25.3 Å². The SMILES string of the molecule is Cc1cc(CN=C(N)C(C)C)no1. The predicted molar refractivity (Wildman–Crippen MR) is 51.4 cm³/mol. The van der Waals surface area contributed by atoms with Crippen LogP contribution in [-0.2, 0) is 6.54 Å². The van der Waals surface area contributed by atoms with Gasteiger partial charge in [0.15, 0.2) is 0 Å². The van der Waals surface area contributed by atoms with Gasteiger partial charge in [0.25, 0.3) is 0 Å². The highest BCUT2D eigenvalue weighted by Gasteiger charge is 2.01. The van der Waals surface area contributed by atoms with Gasteiger partial charge in [-0.15, -0.1) is 0 Å². The van der Waals surface area contributed by atoms with Crippen molar-refractivity contribution in [2.45, 2.75) is 27.3 Å². The van der Waals surface area contributed by atoms with Crippen LogP contribution < -0.4 is 5.73 Å². The standard InChI is InChI=1S/C9H15N3O/c1-6(2)9(10)11-5-8-4-7(3)13-12-8/h4,6H,5H2,1-3H3,(H2,10,11). The summed E-state index contributed by atoms with van der Waals surface area (Å²) in [6.07, 6.45) is 0. The quantitative estimate of drug-likeness (QED) is 0.567. The Kier molecular flexibility index (Phi) is 3.06. The minimum Gasteiger partial charge on any atom is -0.387 e. The first-order valence-electron chi connectivity index (χ1n) is 4.31. The molecule has 1 aromatic rings. The number of amidine groups is 1. The first-order valence-corrected chi connectivity index (χ1v) is 4.31. The molecule has 0 saturated heterocycles. The van der Waals surface area contributed by atoms with Crippen LogP contribution in [-0.4, -0.2) is 11.0 Å². The van der Waals surface area contributed by atoms with Crippen LogP contribution in [0.4, 0.5) is 0 Å². The topological polar surface area (TPSA) is 64.4 Å². The maximum absolute atomic E-state index is 5.66. The third kappa shape index (κ3) is 2.89. The summed E-state index contributed by atoms with van der Waals surface area (Å²) in [5.74, 6) is 1.74. The van der Waals surface area contributed by atoms with Gasteiger partial charge in [-0.05, 0) is 6.92 Å². The Bertz CT molecular complexity index is 302. The number of hydrogen-bond donors (Lipinski definition) is 1. The van der Waals surface area contributed by atoms with Gasteiger partial charge in [0.1, 0.15) is 11.5 Å². The van der Waals surface area contributed by atoms with E-state index in [2.05, 4.69) is 10.1 Å². The van der Waals surface area contributed by atoms with Gasteiger partial charge in [0.05, 0.1) is 12.4 Å². The normalized spacial score (nSPS) is 12.5. The molecule has 0 saturated carbocycles. The van der Waals surface area contributed by atoms with Gasteiger partial charge in [-0.25, -0.2) is 0 Å². The molecule has 0 radical (unpaired) electrons. The molecule has 2 N–H and O–H groups in total. The molecule has 0 spiro atoms. The lowest BCUT2D eigenvalue weighted by Crippen LogP contribution is -2.18. The molecular weight excluding hydrogens is 166 g/mol. The maximum Gasteiger partial charge on any atom is 0.133 e. The van der Waals surface area contributed by atoms with Gasteiger partial charge >= 0.3 is 0 Å². The predicted octanol–water partition coefficient (Wildman–Crippen LogP) is 1.50. The molecule has 0 aliphatic heterocycles. The number of hydrogen-bond acceptors (Lipinski definition) is 3. The van der Waals surface area contributed by atoms with Crippen LogP contribution in [0.2, 0.25) is 0 Å². The zero-order chi connectivity index (χ0) is 9.84. The largest absolute Gasteiger partial charge is 0.387 e. The van der Waals surface area contributed by atoms with Crippen LogP contribution in [0.25, 0.3) is 0 Å². The summed E-state index contributed by atoms with van der Waals surface area (Å²) in [5, 5.41) is 3.81. The summed E-state index contributed by atoms with van der Waals surface area (Å²) >= 11 is 0. The molecule has 1 heterocycles. The smallest absolute Gasteiger partial charge is 0.133 e. The van der Waals surface area contributed by atoms with Crippen LogP contribution in [0.15, 0.2) is 15.6 Å². The molecule has 1 aromatic heterocycles. The highest BCUT2D eigenvalue weighted by Crippen LogP contribution is 2.03. The highest BCUT2D eigenvalue weighted by atomic mass is 16.5. The first kappa shape index (κ1) is 9.77. The molecule has 0 atom stereocenters. The number of nitrogens with zero attached hydrogens (tertiary/aromatic N) is 2. The minimum absolute atomic E-state index is 0.285. The Morgan fingerprint density at radius 1 is 1.69 bits per heavy atom. The lowest BCUT2D eigenvalue weighted by atomic mass is 10.2. The van der Waals surface area contributed by atoms with Gasteiger partial charge in [0.2, 0.25) is 0 Å². The molecular formula is C9H15N3O. The maximum atomic E-state index is 5.66. The highest BCUT2D eigenvalue weighted by molar-refractivity contribution is 5.82. The third-order valence-electron chi connectivity index (χ3n) is 1.69. The summed E-state index contributed by atoms with van der Waals surface area (Å²) < 4.78 is 4.90. The van der Waals surface area contributed by atoms with Crippen molar-refractivity contribution in [2.75, 3.05) is 0 Å². The van der Waals surface area contributed by atoms with Crippen molar-refractivity contribution in [3.63, 3.8) is 0 Å². The van der Waals surface area contributed by atoms with Gasteiger partial charge < -0.3 is 10.3 Å². The van der Waals surface area contributed by atoms with Crippen molar-refractivity contribution in [3.8, 4) is 0 Å². The Balaban J connectivity index is 2.56. The second-order valence-corrected chi connectivity index (χ2v) is 3.32. The zero-order valence-electron chi connectivity index (χ0n) is 8.24. The number of rotatable bonds is 3. The van der Waals surface area contributed by atoms with E-state index in [4.69, 9.17) is 10.3 Å². The number of aromatic nitrogens is 1. The van der Waals surface area contributed by atoms with Crippen molar-refractivity contribution in [3.05, 3.63) is 17.5 Å². The Hall–Kier alpha value is -1.32. The molecule has 1 rings (SSSR count). The number of aliphatic imine (C=N–C) groups is 1. The third-order valence-corrected chi connectivity index (χ3v) is 1.69. The molecule has 0 aliphatic carbocycles. The fraction of sp³-hybridized carbons (Fsp3) is 0.556. The van der Waals surface area contributed by atoms with Crippen LogP contribution in [0.3, 0.4) is 0 Å². The fourth-order valence-electron chi connectivity index (χ4n) is 0.847. The number of aryl methyl sites for hydroxylation is 1. The van der Waals surface area contributed by atoms with Gasteiger partial charge in [-0.2, -0.15) is 0 Å².